The van der Waals surface area contributed by atoms with Crippen molar-refractivity contribution in [3.8, 4) is 0 Å². The summed E-state index contributed by atoms with van der Waals surface area (Å²) in [6.45, 7) is 0.156. The predicted octanol–water partition coefficient (Wildman–Crippen LogP) is 0.00220. The summed E-state index contributed by atoms with van der Waals surface area (Å²) in [6, 6.07) is 3.20. The zero-order valence-electron chi connectivity index (χ0n) is 13.2. The molecular weight excluding hydrogens is 330 g/mol. The number of carboxylic acids is 1. The maximum Gasteiger partial charge on any atom is 0.305 e. The van der Waals surface area contributed by atoms with Crippen molar-refractivity contribution < 1.29 is 29.1 Å². The Labute approximate surface area is 142 Å². The van der Waals surface area contributed by atoms with E-state index in [1.165, 1.54) is 12.1 Å². The third-order valence-corrected chi connectivity index (χ3v) is 3.78. The molecule has 0 aromatic heterocycles. The number of amides is 3. The minimum atomic E-state index is -1.19. The molecule has 4 N–H and O–H groups in total. The molecule has 0 radical (unpaired) electrons. The van der Waals surface area contributed by atoms with E-state index in [4.69, 9.17) is 10.8 Å². The third kappa shape index (κ3) is 3.82. The fourth-order valence-corrected chi connectivity index (χ4v) is 2.59. The first kappa shape index (κ1) is 18.1. The summed E-state index contributed by atoms with van der Waals surface area (Å²) < 4.78 is 0. The van der Waals surface area contributed by atoms with E-state index in [-0.39, 0.29) is 36.9 Å². The smallest absolute Gasteiger partial charge is 0.305 e. The Hall–Kier alpha value is -3.23. The molecule has 2 rings (SSSR count). The van der Waals surface area contributed by atoms with Gasteiger partial charge in [-0.15, -0.1) is 0 Å². The van der Waals surface area contributed by atoms with Crippen molar-refractivity contribution in [2.24, 2.45) is 5.73 Å². The lowest BCUT2D eigenvalue weighted by atomic mass is 10.1. The van der Waals surface area contributed by atoms with Crippen LogP contribution in [-0.4, -0.2) is 52.6 Å². The number of imide groups is 1. The maximum atomic E-state index is 12.5. The lowest BCUT2D eigenvalue weighted by molar-refractivity contribution is -0.136. The Morgan fingerprint density at radius 2 is 1.92 bits per heavy atom. The molecule has 1 aromatic carbocycles. The van der Waals surface area contributed by atoms with E-state index in [1.807, 2.05) is 0 Å². The Morgan fingerprint density at radius 1 is 1.24 bits per heavy atom. The summed E-state index contributed by atoms with van der Waals surface area (Å²) in [5.41, 5.74) is 5.98. The lowest BCUT2D eigenvalue weighted by Gasteiger charge is -2.22. The molecule has 0 bridgehead atoms. The normalized spacial score (nSPS) is 14.2. The van der Waals surface area contributed by atoms with Gasteiger partial charge in [0.25, 0.3) is 11.8 Å². The van der Waals surface area contributed by atoms with Gasteiger partial charge in [-0.3, -0.25) is 24.1 Å². The Balaban J connectivity index is 2.23. The molecule has 0 saturated heterocycles. The van der Waals surface area contributed by atoms with Gasteiger partial charge in [-0.1, -0.05) is 0 Å². The second-order valence-electron chi connectivity index (χ2n) is 5.47. The fraction of sp³-hybridized carbons (Fsp3) is 0.312. The van der Waals surface area contributed by atoms with Gasteiger partial charge in [0.15, 0.2) is 0 Å². The molecule has 0 spiro atoms. The first-order valence-corrected chi connectivity index (χ1v) is 7.57. The van der Waals surface area contributed by atoms with Crippen molar-refractivity contribution in [1.82, 2.24) is 4.90 Å². The fourth-order valence-electron chi connectivity index (χ4n) is 2.59. The minimum absolute atomic E-state index is 0.0109. The van der Waals surface area contributed by atoms with E-state index in [1.54, 1.807) is 6.07 Å². The number of carboxylic acid groups (broad SMARTS) is 1. The Bertz CT molecular complexity index is 745. The molecule has 1 heterocycles. The van der Waals surface area contributed by atoms with Crippen molar-refractivity contribution in [3.63, 3.8) is 0 Å². The van der Waals surface area contributed by atoms with Crippen molar-refractivity contribution in [3.05, 3.63) is 29.3 Å². The van der Waals surface area contributed by atoms with Crippen LogP contribution in [0.1, 0.15) is 40.0 Å². The highest BCUT2D eigenvalue weighted by molar-refractivity contribution is 6.23. The number of carbonyl (C=O) groups excluding carboxylic acids is 4. The quantitative estimate of drug-likeness (QED) is 0.421. The number of hydrogen-bond acceptors (Lipinski definition) is 6. The molecule has 25 heavy (non-hydrogen) atoms. The van der Waals surface area contributed by atoms with E-state index in [0.717, 1.165) is 4.90 Å². The molecule has 1 unspecified atom stereocenters. The summed E-state index contributed by atoms with van der Waals surface area (Å²) in [7, 11) is 0. The summed E-state index contributed by atoms with van der Waals surface area (Å²) >= 11 is 0. The number of aliphatic carboxylic acids is 1. The number of nitrogens with two attached hydrogens (primary N) is 1. The third-order valence-electron chi connectivity index (χ3n) is 3.78. The number of aldehydes is 1. The van der Waals surface area contributed by atoms with Crippen LogP contribution in [0.25, 0.3) is 0 Å². The van der Waals surface area contributed by atoms with Crippen molar-refractivity contribution in [1.29, 1.82) is 0 Å². The summed E-state index contributed by atoms with van der Waals surface area (Å²) in [5, 5.41) is 11.5. The number of nitrogens with zero attached hydrogens (tertiary/aromatic N) is 1. The molecule has 0 fully saturated rings. The number of anilines is 1. The van der Waals surface area contributed by atoms with Crippen LogP contribution in [-0.2, 0) is 14.4 Å². The second kappa shape index (κ2) is 7.56. The van der Waals surface area contributed by atoms with Crippen molar-refractivity contribution in [2.75, 3.05) is 11.9 Å². The van der Waals surface area contributed by atoms with Gasteiger partial charge in [0.2, 0.25) is 5.91 Å². The van der Waals surface area contributed by atoms with Crippen LogP contribution in [0.15, 0.2) is 18.2 Å². The van der Waals surface area contributed by atoms with Gasteiger partial charge in [-0.2, -0.15) is 0 Å². The molecule has 1 aromatic rings. The highest BCUT2D eigenvalue weighted by atomic mass is 16.4. The number of hydrogen-bond donors (Lipinski definition) is 3. The topological polar surface area (TPSA) is 147 Å². The first-order valence-electron chi connectivity index (χ1n) is 7.57. The van der Waals surface area contributed by atoms with E-state index in [0.29, 0.717) is 12.0 Å². The lowest BCUT2D eigenvalue weighted by Crippen LogP contribution is -2.47. The molecule has 3 amide bonds. The van der Waals surface area contributed by atoms with Crippen LogP contribution in [0, 0.1) is 0 Å². The molecule has 0 saturated carbocycles. The number of nitrogens with one attached hydrogen (secondary N) is 1. The zero-order valence-corrected chi connectivity index (χ0v) is 13.2. The maximum absolute atomic E-state index is 12.5. The molecule has 1 aliphatic rings. The molecule has 0 aliphatic carbocycles. The Kier molecular flexibility index (Phi) is 5.48. The summed E-state index contributed by atoms with van der Waals surface area (Å²) in [4.78, 5) is 58.4. The molecule has 9 heteroatoms. The number of rotatable bonds is 9. The van der Waals surface area contributed by atoms with E-state index in [9.17, 15) is 24.0 Å². The molecular formula is C16H17N3O6. The standard InChI is InChI=1S/C16H17N3O6/c17-14(23)12(2-1-7-20)19-15(24)10-4-3-9(8-11(10)16(19)25)18-6-5-13(21)22/h3-4,7-8,12,18H,1-2,5-6H2,(H2,17,23)(H,21,22). The van der Waals surface area contributed by atoms with Gasteiger partial charge in [-0.05, 0) is 24.6 Å². The van der Waals surface area contributed by atoms with Gasteiger partial charge in [0, 0.05) is 18.7 Å². The molecule has 1 aliphatic heterocycles. The highest BCUT2D eigenvalue weighted by Crippen LogP contribution is 2.28. The monoisotopic (exact) mass is 347 g/mol. The van der Waals surface area contributed by atoms with Crippen molar-refractivity contribution >= 4 is 35.7 Å². The number of benzene rings is 1. The van der Waals surface area contributed by atoms with Crippen LogP contribution in [0.4, 0.5) is 5.69 Å². The van der Waals surface area contributed by atoms with Crippen molar-refractivity contribution in [2.45, 2.75) is 25.3 Å². The Morgan fingerprint density at radius 3 is 2.52 bits per heavy atom. The SMILES string of the molecule is NC(=O)C(CCC=O)N1C(=O)c2ccc(NCCC(=O)O)cc2C1=O. The average molecular weight is 347 g/mol. The summed E-state index contributed by atoms with van der Waals surface area (Å²) in [5.74, 6) is -3.15. The van der Waals surface area contributed by atoms with Crippen LogP contribution in [0.5, 0.6) is 0 Å². The molecule has 132 valence electrons. The van der Waals surface area contributed by atoms with Gasteiger partial charge < -0.3 is 21.0 Å². The van der Waals surface area contributed by atoms with Gasteiger partial charge in [-0.25, -0.2) is 0 Å². The van der Waals surface area contributed by atoms with Crippen LogP contribution < -0.4 is 11.1 Å². The largest absolute Gasteiger partial charge is 0.481 e. The number of fused-ring (bicyclic) bond motifs is 1. The van der Waals surface area contributed by atoms with E-state index >= 15 is 0 Å². The number of carbonyl (C=O) groups is 5. The van der Waals surface area contributed by atoms with Crippen LogP contribution in [0.3, 0.4) is 0 Å². The first-order chi connectivity index (χ1) is 11.9. The average Bonchev–Trinajstić information content (AvgIpc) is 2.79. The van der Waals surface area contributed by atoms with Gasteiger partial charge >= 0.3 is 5.97 Å². The molecule has 1 atom stereocenters. The minimum Gasteiger partial charge on any atom is -0.481 e. The van der Waals surface area contributed by atoms with E-state index < -0.39 is 29.7 Å². The second-order valence-corrected chi connectivity index (χ2v) is 5.47. The number of primary amides is 1. The predicted molar refractivity (Wildman–Crippen MR) is 86.0 cm³/mol. The van der Waals surface area contributed by atoms with Crippen LogP contribution in [0.2, 0.25) is 0 Å². The zero-order chi connectivity index (χ0) is 18.6. The molecule has 9 nitrogen and oxygen atoms in total. The highest BCUT2D eigenvalue weighted by Gasteiger charge is 2.42. The van der Waals surface area contributed by atoms with E-state index in [2.05, 4.69) is 5.32 Å². The van der Waals surface area contributed by atoms with Gasteiger partial charge in [0.1, 0.15) is 12.3 Å². The summed E-state index contributed by atoms with van der Waals surface area (Å²) in [6.07, 6.45) is 0.432. The van der Waals surface area contributed by atoms with Crippen LogP contribution >= 0.6 is 0 Å². The van der Waals surface area contributed by atoms with Gasteiger partial charge in [0.05, 0.1) is 17.5 Å².